The Labute approximate surface area is 143 Å². The van der Waals surface area contributed by atoms with E-state index in [0.29, 0.717) is 25.9 Å². The summed E-state index contributed by atoms with van der Waals surface area (Å²) >= 11 is 0. The van der Waals surface area contributed by atoms with E-state index in [1.807, 2.05) is 18.2 Å². The van der Waals surface area contributed by atoms with Gasteiger partial charge in [0.15, 0.2) is 11.5 Å². The average molecular weight is 333 g/mol. The Bertz CT molecular complexity index is 548. The summed E-state index contributed by atoms with van der Waals surface area (Å²) in [5.41, 5.74) is 1.02. The first kappa shape index (κ1) is 17.1. The van der Waals surface area contributed by atoms with Gasteiger partial charge in [0.1, 0.15) is 0 Å². The van der Waals surface area contributed by atoms with Crippen LogP contribution in [-0.2, 0) is 16.1 Å². The Morgan fingerprint density at radius 2 is 1.92 bits per heavy atom. The maximum atomic E-state index is 12.2. The van der Waals surface area contributed by atoms with Gasteiger partial charge in [0.05, 0.1) is 13.2 Å². The molecule has 1 N–H and O–H groups in total. The zero-order chi connectivity index (χ0) is 16.8. The van der Waals surface area contributed by atoms with Crippen LogP contribution in [0.3, 0.4) is 0 Å². The number of carbonyl (C=O) groups is 1. The summed E-state index contributed by atoms with van der Waals surface area (Å²) in [7, 11) is 1.65. The van der Waals surface area contributed by atoms with Gasteiger partial charge in [0.25, 0.3) is 0 Å². The van der Waals surface area contributed by atoms with Crippen LogP contribution in [0.15, 0.2) is 18.2 Å². The predicted molar refractivity (Wildman–Crippen MR) is 91.3 cm³/mol. The minimum absolute atomic E-state index is 0.0746. The van der Waals surface area contributed by atoms with E-state index in [4.69, 9.17) is 14.2 Å². The Morgan fingerprint density at radius 3 is 2.62 bits per heavy atom. The molecule has 0 unspecified atom stereocenters. The molecule has 1 amide bonds. The summed E-state index contributed by atoms with van der Waals surface area (Å²) in [5, 5.41) is 3.02. The highest BCUT2D eigenvalue weighted by Crippen LogP contribution is 2.32. The Balaban J connectivity index is 1.56. The quantitative estimate of drug-likeness (QED) is 0.869. The van der Waals surface area contributed by atoms with Gasteiger partial charge >= 0.3 is 0 Å². The summed E-state index contributed by atoms with van der Waals surface area (Å²) in [6, 6.07) is 5.90. The fourth-order valence-corrected chi connectivity index (χ4v) is 3.40. The second-order valence-electron chi connectivity index (χ2n) is 6.61. The third-order valence-electron chi connectivity index (χ3n) is 4.88. The Morgan fingerprint density at radius 1 is 1.17 bits per heavy atom. The molecule has 132 valence electrons. The molecule has 5 heteroatoms. The van der Waals surface area contributed by atoms with Crippen LogP contribution in [-0.4, -0.2) is 32.3 Å². The number of ether oxygens (including phenoxy) is 3. The zero-order valence-corrected chi connectivity index (χ0v) is 14.4. The van der Waals surface area contributed by atoms with Gasteiger partial charge in [-0.05, 0) is 56.2 Å². The van der Waals surface area contributed by atoms with Crippen molar-refractivity contribution in [1.29, 1.82) is 0 Å². The number of benzene rings is 1. The van der Waals surface area contributed by atoms with Crippen molar-refractivity contribution in [2.45, 2.75) is 51.2 Å². The number of carbonyl (C=O) groups excluding carboxylic acids is 1. The lowest BCUT2D eigenvalue weighted by atomic mass is 9.99. The van der Waals surface area contributed by atoms with Crippen LogP contribution in [0.1, 0.15) is 44.1 Å². The second-order valence-corrected chi connectivity index (χ2v) is 6.61. The van der Waals surface area contributed by atoms with Crippen LogP contribution in [0, 0.1) is 5.92 Å². The van der Waals surface area contributed by atoms with Crippen LogP contribution < -0.4 is 14.8 Å². The molecular formula is C19H27NO4. The van der Waals surface area contributed by atoms with Crippen molar-refractivity contribution >= 4 is 5.91 Å². The Hall–Kier alpha value is -1.75. The predicted octanol–water partition coefficient (Wildman–Crippen LogP) is 3.06. The van der Waals surface area contributed by atoms with E-state index in [1.165, 1.54) is 12.8 Å². The van der Waals surface area contributed by atoms with E-state index in [2.05, 4.69) is 5.32 Å². The molecule has 2 fully saturated rings. The van der Waals surface area contributed by atoms with Crippen molar-refractivity contribution in [1.82, 2.24) is 5.32 Å². The van der Waals surface area contributed by atoms with E-state index in [9.17, 15) is 4.79 Å². The lowest BCUT2D eigenvalue weighted by molar-refractivity contribution is -0.128. The lowest BCUT2D eigenvalue weighted by Crippen LogP contribution is -2.33. The van der Waals surface area contributed by atoms with Gasteiger partial charge in [-0.2, -0.15) is 0 Å². The third kappa shape index (κ3) is 4.41. The summed E-state index contributed by atoms with van der Waals surface area (Å²) in [5.74, 6) is 1.72. The fraction of sp³-hybridized carbons (Fsp3) is 0.632. The van der Waals surface area contributed by atoms with Crippen LogP contribution >= 0.6 is 0 Å². The summed E-state index contributed by atoms with van der Waals surface area (Å²) < 4.78 is 16.8. The maximum absolute atomic E-state index is 12.2. The van der Waals surface area contributed by atoms with Gasteiger partial charge in [-0.1, -0.05) is 6.07 Å². The lowest BCUT2D eigenvalue weighted by Gasteiger charge is -2.21. The molecule has 1 heterocycles. The normalized spacial score (nSPS) is 19.2. The topological polar surface area (TPSA) is 56.8 Å². The fourth-order valence-electron chi connectivity index (χ4n) is 3.40. The van der Waals surface area contributed by atoms with E-state index >= 15 is 0 Å². The summed E-state index contributed by atoms with van der Waals surface area (Å²) in [4.78, 5) is 12.2. The first-order valence-electron chi connectivity index (χ1n) is 8.95. The standard InChI is InChI=1S/C19H27NO4/c1-22-18-12-14(6-7-17(18)24-16-4-2-3-5-16)13-20-19(21)15-8-10-23-11-9-15/h6-7,12,15-16H,2-5,8-11,13H2,1H3,(H,20,21). The molecular weight excluding hydrogens is 306 g/mol. The highest BCUT2D eigenvalue weighted by atomic mass is 16.5. The average Bonchev–Trinajstić information content (AvgIpc) is 3.14. The molecule has 1 aromatic rings. The molecule has 0 spiro atoms. The van der Waals surface area contributed by atoms with Gasteiger partial charge in [-0.15, -0.1) is 0 Å². The molecule has 1 aromatic carbocycles. The molecule has 0 bridgehead atoms. The summed E-state index contributed by atoms with van der Waals surface area (Å²) in [6.45, 7) is 1.87. The third-order valence-corrected chi connectivity index (χ3v) is 4.88. The molecule has 0 radical (unpaired) electrons. The van der Waals surface area contributed by atoms with Gasteiger partial charge < -0.3 is 19.5 Å². The van der Waals surface area contributed by atoms with Gasteiger partial charge in [-0.25, -0.2) is 0 Å². The number of hydrogen-bond donors (Lipinski definition) is 1. The largest absolute Gasteiger partial charge is 0.493 e. The smallest absolute Gasteiger partial charge is 0.223 e. The van der Waals surface area contributed by atoms with Crippen molar-refractivity contribution in [3.8, 4) is 11.5 Å². The molecule has 1 aliphatic carbocycles. The maximum Gasteiger partial charge on any atom is 0.223 e. The zero-order valence-electron chi connectivity index (χ0n) is 14.4. The molecule has 1 saturated heterocycles. The van der Waals surface area contributed by atoms with Crippen molar-refractivity contribution in [2.24, 2.45) is 5.92 Å². The van der Waals surface area contributed by atoms with E-state index in [0.717, 1.165) is 42.7 Å². The molecule has 0 aromatic heterocycles. The SMILES string of the molecule is COc1cc(CNC(=O)C2CCOCC2)ccc1OC1CCCC1. The van der Waals surface area contributed by atoms with E-state index in [1.54, 1.807) is 7.11 Å². The molecule has 1 aliphatic heterocycles. The van der Waals surface area contributed by atoms with Gasteiger partial charge in [-0.3, -0.25) is 4.79 Å². The molecule has 2 aliphatic rings. The molecule has 1 saturated carbocycles. The number of amides is 1. The van der Waals surface area contributed by atoms with Crippen LogP contribution in [0.4, 0.5) is 0 Å². The van der Waals surface area contributed by atoms with Crippen LogP contribution in [0.5, 0.6) is 11.5 Å². The molecule has 0 atom stereocenters. The molecule has 3 rings (SSSR count). The minimum atomic E-state index is 0.0746. The monoisotopic (exact) mass is 333 g/mol. The van der Waals surface area contributed by atoms with Crippen LogP contribution in [0.2, 0.25) is 0 Å². The molecule has 5 nitrogen and oxygen atoms in total. The summed E-state index contributed by atoms with van der Waals surface area (Å²) in [6.07, 6.45) is 6.63. The van der Waals surface area contributed by atoms with E-state index < -0.39 is 0 Å². The molecule has 24 heavy (non-hydrogen) atoms. The van der Waals surface area contributed by atoms with Crippen molar-refractivity contribution < 1.29 is 19.0 Å². The highest BCUT2D eigenvalue weighted by Gasteiger charge is 2.21. The van der Waals surface area contributed by atoms with Gasteiger partial charge in [0, 0.05) is 25.7 Å². The first-order valence-corrected chi connectivity index (χ1v) is 8.95. The number of hydrogen-bond acceptors (Lipinski definition) is 4. The van der Waals surface area contributed by atoms with Crippen LogP contribution in [0.25, 0.3) is 0 Å². The number of nitrogens with one attached hydrogen (secondary N) is 1. The van der Waals surface area contributed by atoms with E-state index in [-0.39, 0.29) is 11.8 Å². The minimum Gasteiger partial charge on any atom is -0.493 e. The van der Waals surface area contributed by atoms with Crippen molar-refractivity contribution in [3.05, 3.63) is 23.8 Å². The van der Waals surface area contributed by atoms with Gasteiger partial charge in [0.2, 0.25) is 5.91 Å². The first-order chi connectivity index (χ1) is 11.8. The highest BCUT2D eigenvalue weighted by molar-refractivity contribution is 5.78. The van der Waals surface area contributed by atoms with Crippen molar-refractivity contribution in [3.63, 3.8) is 0 Å². The number of methoxy groups -OCH3 is 1. The number of rotatable bonds is 6. The van der Waals surface area contributed by atoms with Crippen molar-refractivity contribution in [2.75, 3.05) is 20.3 Å². The Kier molecular flexibility index (Phi) is 5.96. The second kappa shape index (κ2) is 8.38.